The number of rotatable bonds is 8. The smallest absolute Gasteiger partial charge is 1.00 e. The molecule has 14 nitrogen and oxygen atoms in total. The third-order valence-corrected chi connectivity index (χ3v) is 21.7. The second-order valence-electron chi connectivity index (χ2n) is 25.3. The summed E-state index contributed by atoms with van der Waals surface area (Å²) in [5, 5.41) is 70.8. The van der Waals surface area contributed by atoms with Crippen LogP contribution in [0.25, 0.3) is 0 Å². The molecule has 16 aliphatic rings. The number of carbonyl (C=O) groups is 6. The molecule has 25 heteroatoms. The van der Waals surface area contributed by atoms with E-state index in [2.05, 4.69) is 97.2 Å². The predicted octanol–water partition coefficient (Wildman–Crippen LogP) is 7.28. The summed E-state index contributed by atoms with van der Waals surface area (Å²) in [6, 6.07) is 0. The number of ketones is 2. The van der Waals surface area contributed by atoms with Crippen LogP contribution >= 0.6 is 144 Å². The fourth-order valence-electron chi connectivity index (χ4n) is 19.1. The first-order valence-corrected chi connectivity index (χ1v) is 46.4. The Balaban J connectivity index is 0.000000154. The zero-order chi connectivity index (χ0) is 54.3. The summed E-state index contributed by atoms with van der Waals surface area (Å²) < 4.78 is 1.34. The van der Waals surface area contributed by atoms with Gasteiger partial charge in [-0.15, -0.1) is 0 Å². The molecular weight excluding hydrogens is 1660 g/mol. The van der Waals surface area contributed by atoms with Gasteiger partial charge in [-0.1, -0.05) is 46.4 Å². The molecule has 0 aromatic carbocycles. The van der Waals surface area contributed by atoms with Crippen LogP contribution in [0.15, 0.2) is 0 Å². The van der Waals surface area contributed by atoms with Crippen LogP contribution in [0.3, 0.4) is 0 Å². The van der Waals surface area contributed by atoms with E-state index >= 15 is 0 Å². The normalized spacial score (nSPS) is 44.3. The van der Waals surface area contributed by atoms with Crippen molar-refractivity contribution in [3.8, 4) is 0 Å². The van der Waals surface area contributed by atoms with E-state index in [1.165, 1.54) is 7.11 Å². The van der Waals surface area contributed by atoms with Crippen molar-refractivity contribution in [2.45, 2.75) is 185 Å². The van der Waals surface area contributed by atoms with Crippen molar-refractivity contribution in [1.29, 1.82) is 0 Å². The van der Waals surface area contributed by atoms with Crippen molar-refractivity contribution in [2.75, 3.05) is 7.11 Å². The molecule has 6 N–H and O–H groups in total. The average molecular weight is 1730 g/mol. The first kappa shape index (κ1) is 66.6. The maximum Gasteiger partial charge on any atom is 1.00 e. The van der Waals surface area contributed by atoms with Gasteiger partial charge >= 0.3 is 112 Å². The van der Waals surface area contributed by atoms with Crippen LogP contribution in [0.2, 0.25) is 0 Å². The molecule has 0 amide bonds. The van der Waals surface area contributed by atoms with Gasteiger partial charge in [-0.2, -0.15) is 0 Å². The number of alkyl halides is 4. The number of methoxy groups -OCH3 is 1. The Kier molecular flexibility index (Phi) is 22.0. The molecule has 8 atom stereocenters. The first-order valence-electron chi connectivity index (χ1n) is 25.1. The standard InChI is InChI=1S/C13H18Cl2O3.C12H16Cl2O3.2C12H16O4.I2.3HI.Na.V/c1-18-10(16)13(14,15)11-3-8-2-9(4-11)6-12(17,5-8)7-11;13-12(14,9(15)16)10-2-7-1-8(3-10)5-11(17,4-7)6-10;2*13-9(10(14)15)11-2-7-1-8(3-11)5-12(16,4-7)6-11;1-2;;;;;/h8-9,17H,2-7H2,1H3;7-8,17H,1-6H2,(H,15,16);2*7-8,16H,1-6H2,(H,14,15);;3*1H;;/q;;;;;;;;+1;+3/p-4. The van der Waals surface area contributed by atoms with Crippen LogP contribution in [-0.2, 0) is 38.4 Å². The van der Waals surface area contributed by atoms with Crippen LogP contribution in [0.1, 0.15) is 154 Å². The van der Waals surface area contributed by atoms with Crippen molar-refractivity contribution in [3.63, 3.8) is 0 Å². The van der Waals surface area contributed by atoms with Gasteiger partial charge in [0.15, 0.2) is 4.33 Å². The summed E-state index contributed by atoms with van der Waals surface area (Å²) in [7, 11) is 1.30. The van der Waals surface area contributed by atoms with Crippen LogP contribution < -0.4 is 34.7 Å². The van der Waals surface area contributed by atoms with Gasteiger partial charge in [0.2, 0.25) is 15.9 Å². The molecule has 0 aliphatic heterocycles. The van der Waals surface area contributed by atoms with E-state index in [1.807, 2.05) is 0 Å². The van der Waals surface area contributed by atoms with E-state index in [9.17, 15) is 54.3 Å². The third kappa shape index (κ3) is 13.6. The second kappa shape index (κ2) is 24.4. The molecule has 8 unspecified atom stereocenters. The number of carboxylic acid groups (broad SMARTS) is 3. The number of hydrogen-bond donors (Lipinski definition) is 6. The maximum atomic E-state index is 11.9. The van der Waals surface area contributed by atoms with Gasteiger partial charge in [-0.05, 0) is 201 Å². The fourth-order valence-corrected chi connectivity index (χ4v) is 20.2. The number of hydrogen-bond acceptors (Lipinski definition) is 12. The van der Waals surface area contributed by atoms with Gasteiger partial charge in [-0.3, -0.25) is 9.59 Å². The Hall–Kier alpha value is 3.45. The minimum absolute atomic E-state index is 0. The number of aliphatic carboxylic acids is 3. The van der Waals surface area contributed by atoms with E-state index in [0.717, 1.165) is 89.9 Å². The average Bonchev–Trinajstić information content (AvgIpc) is 3.23. The zero-order valence-corrected chi connectivity index (χ0v) is 58.6. The van der Waals surface area contributed by atoms with E-state index in [-0.39, 0.29) is 34.5 Å². The number of ether oxygens (including phenoxy) is 1. The summed E-state index contributed by atoms with van der Waals surface area (Å²) in [5.41, 5.74) is -5.64. The number of aliphatic hydroxyl groups is 4. The Morgan fingerprint density at radius 2 is 0.716 bits per heavy atom. The molecule has 16 bridgehead atoms. The first-order chi connectivity index (χ1) is 33.6. The van der Waals surface area contributed by atoms with Gasteiger partial charge in [0.1, 0.15) is 0 Å². The van der Waals surface area contributed by atoms with Crippen molar-refractivity contribution in [1.82, 2.24) is 0 Å². The van der Waals surface area contributed by atoms with Gasteiger partial charge in [0.25, 0.3) is 0 Å². The number of carbonyl (C=O) groups excluding carboxylic acids is 4. The molecule has 0 aromatic rings. The van der Waals surface area contributed by atoms with Gasteiger partial charge in [0.05, 0.1) is 35.5 Å². The number of esters is 1. The van der Waals surface area contributed by atoms with E-state index in [0.29, 0.717) is 112 Å². The minimum atomic E-state index is -1.88. The fraction of sp³-hybridized carbons (Fsp3) is 0.878. The Morgan fingerprint density at radius 1 is 0.486 bits per heavy atom. The quantitative estimate of drug-likeness (QED) is 0.0459. The van der Waals surface area contributed by atoms with E-state index in [1.54, 1.807) is 0 Å². The monoisotopic (exact) mass is 1730 g/mol. The molecule has 0 radical (unpaired) electrons. The molecule has 0 spiro atoms. The largest absolute Gasteiger partial charge is 1.00 e. The summed E-state index contributed by atoms with van der Waals surface area (Å²) in [6.07, 6.45) is 18.0. The van der Waals surface area contributed by atoms with Crippen molar-refractivity contribution >= 4 is 179 Å². The molecule has 16 saturated carbocycles. The van der Waals surface area contributed by atoms with Gasteiger partial charge in [-0.25, -0.2) is 14.4 Å². The van der Waals surface area contributed by atoms with Crippen LogP contribution in [-0.4, -0.2) is 104 Å². The molecule has 16 aliphatic carbocycles. The molecule has 16 rings (SSSR count). The summed E-state index contributed by atoms with van der Waals surface area (Å²) in [5.74, 6) is -2.97. The zero-order valence-electron chi connectivity index (χ0n) is 41.4. The minimum Gasteiger partial charge on any atom is 1.00 e. The Morgan fingerprint density at radius 3 is 0.919 bits per heavy atom. The molecule has 74 heavy (non-hydrogen) atoms. The summed E-state index contributed by atoms with van der Waals surface area (Å²) in [6.45, 7) is 0. The Labute approximate surface area is 536 Å². The van der Waals surface area contributed by atoms with Crippen LogP contribution in [0.5, 0.6) is 0 Å². The molecule has 0 aromatic heterocycles. The van der Waals surface area contributed by atoms with Crippen molar-refractivity contribution in [2.24, 2.45) is 69.0 Å². The van der Waals surface area contributed by atoms with Gasteiger partial charge < -0.3 is 45.3 Å². The molecular formula is C49H65Cl4I5NaO14V. The summed E-state index contributed by atoms with van der Waals surface area (Å²) >= 11 is 36.4. The Bertz CT molecular complexity index is 2060. The third-order valence-electron chi connectivity index (χ3n) is 19.5. The number of halogens is 9. The molecule has 414 valence electrons. The number of carboxylic acids is 3. The molecule has 0 heterocycles. The van der Waals surface area contributed by atoms with E-state index < -0.39 is 88.2 Å². The summed E-state index contributed by atoms with van der Waals surface area (Å²) in [4.78, 5) is 68.2. The van der Waals surface area contributed by atoms with Crippen molar-refractivity contribution < 1.29 is 104 Å². The SMILES string of the molecule is COC(=O)C(Cl)(Cl)C12CC3CC(CC(O)(C3)C1)C2.II.O=C(O)C(=O)C12CC3CC(CC(O)(C3)C1)C2.O=C(O)C(=O)C12CC3CC(CC(O)(C3)C1)C2.O=C([O-])C(Cl)(Cl)C12CC3CC(CC(O)(C3)C1)C2.[I][V]([I])[I].[Na+]. The van der Waals surface area contributed by atoms with Crippen LogP contribution in [0, 0.1) is 69.0 Å². The van der Waals surface area contributed by atoms with E-state index in [4.69, 9.17) is 61.4 Å². The predicted molar refractivity (Wildman–Crippen MR) is 310 cm³/mol. The molecule has 0 saturated heterocycles. The van der Waals surface area contributed by atoms with Crippen LogP contribution in [0.4, 0.5) is 0 Å². The molecule has 16 fully saturated rings. The van der Waals surface area contributed by atoms with Gasteiger partial charge in [0, 0.05) is 58.9 Å². The second-order valence-corrected chi connectivity index (χ2v) is 63.3. The maximum absolute atomic E-state index is 11.9. The van der Waals surface area contributed by atoms with Crippen molar-refractivity contribution in [3.05, 3.63) is 0 Å². The number of Topliss-reactive ketones (excluding diaryl/α,β-unsaturated/α-hetero) is 2. The topological polar surface area (TPSA) is 256 Å².